The Labute approximate surface area is 220 Å². The van der Waals surface area contributed by atoms with Gasteiger partial charge in [-0.25, -0.2) is 4.39 Å². The van der Waals surface area contributed by atoms with Gasteiger partial charge in [-0.05, 0) is 108 Å². The molecule has 7 atom stereocenters. The summed E-state index contributed by atoms with van der Waals surface area (Å²) in [5.41, 5.74) is 11.5. The van der Waals surface area contributed by atoms with Gasteiger partial charge in [0.1, 0.15) is 6.17 Å². The van der Waals surface area contributed by atoms with Crippen molar-refractivity contribution in [1.82, 2.24) is 15.1 Å². The Morgan fingerprint density at radius 3 is 2.24 bits per heavy atom. The number of carbonyl (C=O) groups excluding carboxylic acids is 2. The number of hydrogen-bond acceptors (Lipinski definition) is 5. The second-order valence-corrected chi connectivity index (χ2v) is 12.7. The fraction of sp³-hybridized carbons (Fsp3) is 0.893. The van der Waals surface area contributed by atoms with Gasteiger partial charge in [-0.1, -0.05) is 0 Å². The lowest BCUT2D eigenvalue weighted by Gasteiger charge is -2.40. The predicted octanol–water partition coefficient (Wildman–Crippen LogP) is 2.54. The third-order valence-corrected chi connectivity index (χ3v) is 10.5. The number of hydrogen-bond donors (Lipinski definition) is 4. The molecule has 2 heterocycles. The number of rotatable bonds is 7. The van der Waals surface area contributed by atoms with Crippen molar-refractivity contribution in [1.29, 1.82) is 5.41 Å². The van der Waals surface area contributed by atoms with Gasteiger partial charge >= 0.3 is 0 Å². The molecule has 3 aliphatic carbocycles. The van der Waals surface area contributed by atoms with E-state index < -0.39 is 6.17 Å². The predicted molar refractivity (Wildman–Crippen MR) is 142 cm³/mol. The van der Waals surface area contributed by atoms with Crippen molar-refractivity contribution in [2.45, 2.75) is 114 Å². The van der Waals surface area contributed by atoms with E-state index in [0.717, 1.165) is 83.8 Å². The molecule has 2 aliphatic heterocycles. The van der Waals surface area contributed by atoms with Gasteiger partial charge in [0.2, 0.25) is 11.8 Å². The summed E-state index contributed by atoms with van der Waals surface area (Å²) in [5, 5.41) is 11.4. The molecule has 0 radical (unpaired) electrons. The Balaban J connectivity index is 1.25. The van der Waals surface area contributed by atoms with E-state index in [1.54, 1.807) is 0 Å². The first kappa shape index (κ1) is 26.9. The summed E-state index contributed by atoms with van der Waals surface area (Å²) < 4.78 is 14.8. The summed E-state index contributed by atoms with van der Waals surface area (Å²) in [5.74, 6) is 1.15. The van der Waals surface area contributed by atoms with Crippen LogP contribution in [0, 0.1) is 29.1 Å². The summed E-state index contributed by atoms with van der Waals surface area (Å²) in [7, 11) is 0. The number of nitrogens with two attached hydrogens (primary N) is 2. The number of nitrogens with zero attached hydrogens (tertiary/aromatic N) is 2. The maximum absolute atomic E-state index is 14.8. The number of carbonyl (C=O) groups is 2. The van der Waals surface area contributed by atoms with Gasteiger partial charge in [-0.15, -0.1) is 0 Å². The van der Waals surface area contributed by atoms with Gasteiger partial charge < -0.3 is 16.8 Å². The van der Waals surface area contributed by atoms with Crippen LogP contribution >= 0.6 is 0 Å². The van der Waals surface area contributed by atoms with Crippen LogP contribution in [0.4, 0.5) is 4.39 Å². The highest BCUT2D eigenvalue weighted by Gasteiger charge is 2.48. The third-order valence-electron chi connectivity index (χ3n) is 10.5. The number of amides is 2. The second-order valence-electron chi connectivity index (χ2n) is 12.7. The van der Waals surface area contributed by atoms with Gasteiger partial charge in [-0.2, -0.15) is 0 Å². The molecule has 5 aliphatic rings. The minimum atomic E-state index is -0.795. The van der Waals surface area contributed by atoms with E-state index in [1.165, 1.54) is 0 Å². The number of fused-ring (bicyclic) bond motifs is 1. The topological polar surface area (TPSA) is 129 Å². The van der Waals surface area contributed by atoms with Crippen LogP contribution in [0.15, 0.2) is 0 Å². The van der Waals surface area contributed by atoms with Crippen molar-refractivity contribution in [3.8, 4) is 0 Å². The Morgan fingerprint density at radius 2 is 1.57 bits per heavy atom. The van der Waals surface area contributed by atoms with Crippen LogP contribution in [0.2, 0.25) is 0 Å². The normalized spacial score (nSPS) is 41.3. The molecule has 7 unspecified atom stereocenters. The minimum absolute atomic E-state index is 0.0207. The molecule has 8 nitrogen and oxygen atoms in total. The highest BCUT2D eigenvalue weighted by atomic mass is 19.1. The number of nitrogens with one attached hydrogen (secondary N) is 2. The molecule has 0 aromatic carbocycles. The Morgan fingerprint density at radius 1 is 0.865 bits per heavy atom. The molecule has 2 saturated heterocycles. The van der Waals surface area contributed by atoms with Crippen molar-refractivity contribution in [3.05, 3.63) is 0 Å². The van der Waals surface area contributed by atoms with Crippen LogP contribution in [-0.4, -0.2) is 77.4 Å². The first-order chi connectivity index (χ1) is 17.8. The van der Waals surface area contributed by atoms with E-state index in [2.05, 4.69) is 15.1 Å². The second kappa shape index (κ2) is 11.6. The molecule has 3 saturated carbocycles. The van der Waals surface area contributed by atoms with Crippen LogP contribution < -0.4 is 16.8 Å². The molecular weight excluding hydrogens is 471 g/mol. The Bertz CT molecular complexity index is 843. The fourth-order valence-electron chi connectivity index (χ4n) is 8.26. The van der Waals surface area contributed by atoms with Crippen LogP contribution in [0.1, 0.15) is 83.5 Å². The van der Waals surface area contributed by atoms with Crippen molar-refractivity contribution < 1.29 is 14.0 Å². The number of primary amides is 1. The number of amidine groups is 1. The molecule has 0 aromatic rings. The molecule has 5 fully saturated rings. The summed E-state index contributed by atoms with van der Waals surface area (Å²) in [6, 6.07) is 0.0558. The smallest absolute Gasteiger partial charge is 0.237 e. The van der Waals surface area contributed by atoms with E-state index >= 15 is 0 Å². The largest absolute Gasteiger partial charge is 0.387 e. The average Bonchev–Trinajstić information content (AvgIpc) is 3.54. The Hall–Kier alpha value is -1.74. The number of halogens is 1. The van der Waals surface area contributed by atoms with Crippen molar-refractivity contribution >= 4 is 17.6 Å². The highest BCUT2D eigenvalue weighted by Crippen LogP contribution is 2.43. The van der Waals surface area contributed by atoms with Crippen LogP contribution in [0.3, 0.4) is 0 Å². The standard InChI is InChI=1S/C28H47FN6O2/c29-22-10-9-21(15-24(22)34-11-1-2-12-34)33-28(37)25-13-19-7-8-20(26(30)31)14-23(19)35(25)16-17-3-5-18(6-4-17)27(32)36/h17-25H,1-16H2,(H3,30,31)(H2,32,36)(H,33,37). The SMILES string of the molecule is N=C(N)C1CCC2CC(C(=O)NC3CCC(F)C(N4CCCC4)C3)N(CC3CCC(C(N)=O)CC3)C2C1. The average molecular weight is 519 g/mol. The first-order valence-electron chi connectivity index (χ1n) is 14.9. The number of alkyl halides is 1. The van der Waals surface area contributed by atoms with Crippen molar-refractivity contribution in [3.63, 3.8) is 0 Å². The van der Waals surface area contributed by atoms with E-state index in [4.69, 9.17) is 16.9 Å². The monoisotopic (exact) mass is 518 g/mol. The fourth-order valence-corrected chi connectivity index (χ4v) is 8.26. The molecule has 37 heavy (non-hydrogen) atoms. The summed E-state index contributed by atoms with van der Waals surface area (Å²) in [6.45, 7) is 2.80. The molecule has 0 spiro atoms. The van der Waals surface area contributed by atoms with E-state index in [1.807, 2.05) is 0 Å². The van der Waals surface area contributed by atoms with Gasteiger partial charge in [-0.3, -0.25) is 24.8 Å². The third kappa shape index (κ3) is 5.97. The van der Waals surface area contributed by atoms with E-state index in [9.17, 15) is 14.0 Å². The van der Waals surface area contributed by atoms with E-state index in [0.29, 0.717) is 31.1 Å². The molecule has 6 N–H and O–H groups in total. The molecule has 0 aromatic heterocycles. The van der Waals surface area contributed by atoms with Gasteiger partial charge in [0.25, 0.3) is 0 Å². The summed E-state index contributed by atoms with van der Waals surface area (Å²) >= 11 is 0. The zero-order valence-corrected chi connectivity index (χ0v) is 22.3. The van der Waals surface area contributed by atoms with Crippen LogP contribution in [0.25, 0.3) is 0 Å². The molecule has 9 heteroatoms. The Kier molecular flexibility index (Phi) is 8.39. The van der Waals surface area contributed by atoms with Crippen molar-refractivity contribution in [2.24, 2.45) is 35.1 Å². The van der Waals surface area contributed by atoms with Gasteiger partial charge in [0, 0.05) is 36.5 Å². The number of likely N-dealkylation sites (tertiary alicyclic amines) is 2. The zero-order valence-electron chi connectivity index (χ0n) is 22.3. The quantitative estimate of drug-likeness (QED) is 0.304. The summed E-state index contributed by atoms with van der Waals surface area (Å²) in [4.78, 5) is 30.2. The highest BCUT2D eigenvalue weighted by molar-refractivity contribution is 5.83. The molecule has 208 valence electrons. The van der Waals surface area contributed by atoms with Gasteiger partial charge in [0.05, 0.1) is 11.9 Å². The van der Waals surface area contributed by atoms with Crippen molar-refractivity contribution in [2.75, 3.05) is 19.6 Å². The molecule has 5 rings (SSSR count). The minimum Gasteiger partial charge on any atom is -0.387 e. The lowest BCUT2D eigenvalue weighted by molar-refractivity contribution is -0.127. The molecular formula is C28H47FN6O2. The summed E-state index contributed by atoms with van der Waals surface area (Å²) in [6.07, 6.45) is 10.7. The van der Waals surface area contributed by atoms with Crippen LogP contribution in [0.5, 0.6) is 0 Å². The lowest BCUT2D eigenvalue weighted by atomic mass is 9.77. The van der Waals surface area contributed by atoms with Gasteiger partial charge in [0.15, 0.2) is 0 Å². The molecule has 0 bridgehead atoms. The maximum Gasteiger partial charge on any atom is 0.237 e. The van der Waals surface area contributed by atoms with E-state index in [-0.39, 0.29) is 53.7 Å². The zero-order chi connectivity index (χ0) is 26.1. The first-order valence-corrected chi connectivity index (χ1v) is 14.9. The maximum atomic E-state index is 14.8. The lowest BCUT2D eigenvalue weighted by Crippen LogP contribution is -2.54. The molecule has 2 amide bonds. The van der Waals surface area contributed by atoms with Crippen LogP contribution in [-0.2, 0) is 9.59 Å².